The maximum absolute atomic E-state index is 12.9. The Morgan fingerprint density at radius 3 is 2.85 bits per heavy atom. The third-order valence-electron chi connectivity index (χ3n) is 4.80. The third kappa shape index (κ3) is 2.86. The first-order chi connectivity index (χ1) is 12.4. The van der Waals surface area contributed by atoms with Crippen LogP contribution in [-0.4, -0.2) is 13.0 Å². The van der Waals surface area contributed by atoms with Gasteiger partial charge in [0.05, 0.1) is 10.5 Å². The maximum atomic E-state index is 12.9. The van der Waals surface area contributed by atoms with Gasteiger partial charge in [0.15, 0.2) is 5.58 Å². The van der Waals surface area contributed by atoms with Crippen LogP contribution in [0.15, 0.2) is 50.5 Å². The van der Waals surface area contributed by atoms with Crippen molar-refractivity contribution >= 4 is 32.7 Å². The van der Waals surface area contributed by atoms with Crippen LogP contribution in [-0.2, 0) is 23.5 Å². The number of aryl methyl sites for hydroxylation is 2. The van der Waals surface area contributed by atoms with Gasteiger partial charge in [-0.05, 0) is 36.5 Å². The van der Waals surface area contributed by atoms with Gasteiger partial charge in [-0.15, -0.1) is 0 Å². The molecule has 0 amide bonds. The van der Waals surface area contributed by atoms with E-state index in [0.29, 0.717) is 5.52 Å². The summed E-state index contributed by atoms with van der Waals surface area (Å²) in [6.07, 6.45) is 2.57. The molecule has 3 aromatic rings. The van der Waals surface area contributed by atoms with Crippen LogP contribution >= 0.6 is 11.6 Å². The molecule has 0 aliphatic heterocycles. The summed E-state index contributed by atoms with van der Waals surface area (Å²) in [5, 5.41) is 0.0468. The van der Waals surface area contributed by atoms with E-state index in [1.165, 1.54) is 23.7 Å². The number of hydrogen-bond donors (Lipinski definition) is 1. The van der Waals surface area contributed by atoms with Crippen molar-refractivity contribution in [2.75, 3.05) is 0 Å². The number of halogens is 1. The van der Waals surface area contributed by atoms with Crippen molar-refractivity contribution in [1.29, 1.82) is 0 Å². The zero-order chi connectivity index (χ0) is 18.5. The van der Waals surface area contributed by atoms with Gasteiger partial charge in [-0.2, -0.15) is 0 Å². The molecule has 1 N–H and O–H groups in total. The molecule has 1 aliphatic carbocycles. The average molecular weight is 393 g/mol. The van der Waals surface area contributed by atoms with Crippen LogP contribution in [0.5, 0.6) is 0 Å². The van der Waals surface area contributed by atoms with E-state index in [1.54, 1.807) is 0 Å². The number of aromatic nitrogens is 1. The molecular formula is C18H17ClN2O4S. The summed E-state index contributed by atoms with van der Waals surface area (Å²) in [6.45, 7) is 0. The van der Waals surface area contributed by atoms with E-state index in [4.69, 9.17) is 16.0 Å². The van der Waals surface area contributed by atoms with Crippen molar-refractivity contribution in [3.63, 3.8) is 0 Å². The number of fused-ring (bicyclic) bond motifs is 2. The first-order valence-electron chi connectivity index (χ1n) is 8.26. The summed E-state index contributed by atoms with van der Waals surface area (Å²) in [4.78, 5) is 11.6. The minimum absolute atomic E-state index is 0.0468. The van der Waals surface area contributed by atoms with Gasteiger partial charge >= 0.3 is 5.76 Å². The molecular weight excluding hydrogens is 376 g/mol. The predicted octanol–water partition coefficient (Wildman–Crippen LogP) is 3.14. The second-order valence-electron chi connectivity index (χ2n) is 6.44. The molecule has 1 aromatic heterocycles. The standard InChI is InChI=1S/C18H17ClN2O4S/c1-21-15-9-13(19)17(10-16(15)25-18(21)22)26(23,24)20-14-8-4-6-11-5-2-3-7-12(11)14/h2-3,5,7,9-10,14,20H,4,6,8H2,1H3/t14-/m0/s1. The van der Waals surface area contributed by atoms with Crippen LogP contribution in [0.4, 0.5) is 0 Å². The minimum atomic E-state index is -3.88. The lowest BCUT2D eigenvalue weighted by atomic mass is 9.88. The monoisotopic (exact) mass is 392 g/mol. The molecule has 4 rings (SSSR count). The molecule has 136 valence electrons. The van der Waals surface area contributed by atoms with Gasteiger partial charge in [0.2, 0.25) is 10.0 Å². The molecule has 0 bridgehead atoms. The molecule has 0 unspecified atom stereocenters. The van der Waals surface area contributed by atoms with E-state index >= 15 is 0 Å². The Bertz CT molecular complexity index is 1160. The minimum Gasteiger partial charge on any atom is -0.408 e. The van der Waals surface area contributed by atoms with Crippen molar-refractivity contribution in [1.82, 2.24) is 9.29 Å². The number of rotatable bonds is 3. The highest BCUT2D eigenvalue weighted by atomic mass is 35.5. The largest absolute Gasteiger partial charge is 0.419 e. The fourth-order valence-electron chi connectivity index (χ4n) is 3.46. The first kappa shape index (κ1) is 17.3. The lowest BCUT2D eigenvalue weighted by molar-refractivity contribution is 0.506. The maximum Gasteiger partial charge on any atom is 0.419 e. The number of sulfonamides is 1. The predicted molar refractivity (Wildman–Crippen MR) is 98.9 cm³/mol. The van der Waals surface area contributed by atoms with E-state index in [-0.39, 0.29) is 21.5 Å². The molecule has 6 nitrogen and oxygen atoms in total. The van der Waals surface area contributed by atoms with Crippen LogP contribution in [0.25, 0.3) is 11.1 Å². The first-order valence-corrected chi connectivity index (χ1v) is 10.1. The highest BCUT2D eigenvalue weighted by molar-refractivity contribution is 7.89. The highest BCUT2D eigenvalue weighted by Crippen LogP contribution is 2.33. The van der Waals surface area contributed by atoms with Crippen molar-refractivity contribution in [2.45, 2.75) is 30.2 Å². The summed E-state index contributed by atoms with van der Waals surface area (Å²) < 4.78 is 35.0. The number of benzene rings is 2. The second kappa shape index (κ2) is 6.26. The van der Waals surface area contributed by atoms with Gasteiger partial charge in [-0.25, -0.2) is 17.9 Å². The van der Waals surface area contributed by atoms with E-state index < -0.39 is 15.8 Å². The number of oxazole rings is 1. The summed E-state index contributed by atoms with van der Waals surface area (Å²) in [5.74, 6) is -0.570. The molecule has 1 heterocycles. The van der Waals surface area contributed by atoms with Gasteiger partial charge in [0.1, 0.15) is 4.90 Å². The molecule has 1 aliphatic rings. The summed E-state index contributed by atoms with van der Waals surface area (Å²) in [5.41, 5.74) is 2.78. The molecule has 0 radical (unpaired) electrons. The van der Waals surface area contributed by atoms with E-state index in [0.717, 1.165) is 30.4 Å². The summed E-state index contributed by atoms with van der Waals surface area (Å²) in [6, 6.07) is 10.3. The summed E-state index contributed by atoms with van der Waals surface area (Å²) in [7, 11) is -2.34. The normalized spacial score (nSPS) is 17.4. The van der Waals surface area contributed by atoms with Crippen LogP contribution in [0.3, 0.4) is 0 Å². The Morgan fingerprint density at radius 1 is 1.27 bits per heavy atom. The van der Waals surface area contributed by atoms with Gasteiger partial charge in [0, 0.05) is 19.2 Å². The Morgan fingerprint density at radius 2 is 2.04 bits per heavy atom. The van der Waals surface area contributed by atoms with Gasteiger partial charge in [-0.1, -0.05) is 35.9 Å². The third-order valence-corrected chi connectivity index (χ3v) is 6.74. The van der Waals surface area contributed by atoms with E-state index in [9.17, 15) is 13.2 Å². The summed E-state index contributed by atoms with van der Waals surface area (Å²) >= 11 is 6.21. The SMILES string of the molecule is Cn1c(=O)oc2cc(S(=O)(=O)N[C@H]3CCCc4ccccc43)c(Cl)cc21. The van der Waals surface area contributed by atoms with Gasteiger partial charge in [0.25, 0.3) is 0 Å². The van der Waals surface area contributed by atoms with Gasteiger partial charge in [-0.3, -0.25) is 4.57 Å². The van der Waals surface area contributed by atoms with E-state index in [2.05, 4.69) is 4.72 Å². The Hall–Kier alpha value is -2.09. The zero-order valence-corrected chi connectivity index (χ0v) is 15.6. The quantitative estimate of drug-likeness (QED) is 0.742. The molecule has 2 aromatic carbocycles. The lowest BCUT2D eigenvalue weighted by Crippen LogP contribution is -2.31. The van der Waals surface area contributed by atoms with Crippen LogP contribution in [0.1, 0.15) is 30.0 Å². The van der Waals surface area contributed by atoms with Crippen LogP contribution in [0.2, 0.25) is 5.02 Å². The van der Waals surface area contributed by atoms with Crippen molar-refractivity contribution in [3.05, 3.63) is 63.1 Å². The molecule has 0 saturated carbocycles. The smallest absolute Gasteiger partial charge is 0.408 e. The Labute approximate surface area is 155 Å². The Kier molecular flexibility index (Phi) is 4.17. The number of nitrogens with one attached hydrogen (secondary N) is 1. The topological polar surface area (TPSA) is 81.3 Å². The second-order valence-corrected chi connectivity index (χ2v) is 8.53. The fourth-order valence-corrected chi connectivity index (χ4v) is 5.25. The number of hydrogen-bond acceptors (Lipinski definition) is 4. The van der Waals surface area contributed by atoms with Crippen molar-refractivity contribution in [3.8, 4) is 0 Å². The van der Waals surface area contributed by atoms with Crippen LogP contribution in [0, 0.1) is 0 Å². The molecule has 0 fully saturated rings. The number of nitrogens with zero attached hydrogens (tertiary/aromatic N) is 1. The van der Waals surface area contributed by atoms with Crippen molar-refractivity contribution in [2.24, 2.45) is 7.05 Å². The molecule has 0 saturated heterocycles. The Balaban J connectivity index is 1.75. The van der Waals surface area contributed by atoms with E-state index in [1.807, 2.05) is 24.3 Å². The van der Waals surface area contributed by atoms with Crippen molar-refractivity contribution < 1.29 is 12.8 Å². The average Bonchev–Trinajstić information content (AvgIpc) is 2.88. The molecule has 26 heavy (non-hydrogen) atoms. The fraction of sp³-hybridized carbons (Fsp3) is 0.278. The zero-order valence-electron chi connectivity index (χ0n) is 14.0. The van der Waals surface area contributed by atoms with Crippen LogP contribution < -0.4 is 10.5 Å². The lowest BCUT2D eigenvalue weighted by Gasteiger charge is -2.26. The molecule has 1 atom stereocenters. The molecule has 0 spiro atoms. The highest BCUT2D eigenvalue weighted by Gasteiger charge is 2.28. The van der Waals surface area contributed by atoms with Gasteiger partial charge < -0.3 is 4.42 Å². The molecule has 8 heteroatoms.